The Morgan fingerprint density at radius 3 is 2.78 bits per heavy atom. The van der Waals surface area contributed by atoms with Crippen LogP contribution in [-0.2, 0) is 0 Å². The van der Waals surface area contributed by atoms with E-state index in [-0.39, 0.29) is 0 Å². The highest BCUT2D eigenvalue weighted by atomic mass is 35.5. The first-order chi connectivity index (χ1) is 8.67. The van der Waals surface area contributed by atoms with Crippen LogP contribution in [0.15, 0.2) is 6.33 Å². The second-order valence-corrected chi connectivity index (χ2v) is 6.36. The van der Waals surface area contributed by atoms with E-state index >= 15 is 0 Å². The Morgan fingerprint density at radius 2 is 2.11 bits per heavy atom. The molecule has 1 fully saturated rings. The summed E-state index contributed by atoms with van der Waals surface area (Å²) in [5, 5.41) is 3.65. The summed E-state index contributed by atoms with van der Waals surface area (Å²) in [5.41, 5.74) is 6.29. The molecule has 18 heavy (non-hydrogen) atoms. The lowest BCUT2D eigenvalue weighted by Gasteiger charge is -2.36. The van der Waals surface area contributed by atoms with E-state index in [2.05, 4.69) is 21.5 Å². The lowest BCUT2D eigenvalue weighted by molar-refractivity contribution is 0.411. The normalized spacial score (nSPS) is 18.6. The molecule has 0 radical (unpaired) electrons. The van der Waals surface area contributed by atoms with E-state index in [4.69, 9.17) is 17.3 Å². The van der Waals surface area contributed by atoms with Crippen LogP contribution in [0.25, 0.3) is 0 Å². The van der Waals surface area contributed by atoms with Crippen LogP contribution in [0.3, 0.4) is 0 Å². The number of nitrogens with one attached hydrogen (secondary N) is 1. The molecule has 1 aliphatic rings. The fourth-order valence-corrected chi connectivity index (χ4v) is 3.46. The Morgan fingerprint density at radius 1 is 1.39 bits per heavy atom. The Hall–Kier alpha value is -0.680. The molecule has 1 aliphatic carbocycles. The molecule has 0 saturated heterocycles. The van der Waals surface area contributed by atoms with Crippen LogP contribution in [0.1, 0.15) is 32.1 Å². The van der Waals surface area contributed by atoms with Crippen LogP contribution in [0.5, 0.6) is 0 Å². The van der Waals surface area contributed by atoms with Crippen LogP contribution < -0.4 is 11.1 Å². The van der Waals surface area contributed by atoms with Crippen molar-refractivity contribution in [2.45, 2.75) is 36.9 Å². The lowest BCUT2D eigenvalue weighted by atomic mass is 9.88. The van der Waals surface area contributed by atoms with Crippen LogP contribution in [0.4, 0.5) is 11.5 Å². The van der Waals surface area contributed by atoms with Crippen molar-refractivity contribution in [2.24, 2.45) is 0 Å². The maximum Gasteiger partial charge on any atom is 0.157 e. The zero-order valence-corrected chi connectivity index (χ0v) is 12.2. The SMILES string of the molecule is CSC1(CNc2ncnc(Cl)c2N)CCCCC1. The summed E-state index contributed by atoms with van der Waals surface area (Å²) in [6.45, 7) is 0.881. The van der Waals surface area contributed by atoms with Gasteiger partial charge < -0.3 is 11.1 Å². The summed E-state index contributed by atoms with van der Waals surface area (Å²) >= 11 is 7.83. The second kappa shape index (κ2) is 5.97. The first-order valence-corrected chi connectivity index (χ1v) is 7.82. The van der Waals surface area contributed by atoms with Gasteiger partial charge in [-0.15, -0.1) is 0 Å². The van der Waals surface area contributed by atoms with Crippen molar-refractivity contribution in [2.75, 3.05) is 23.9 Å². The molecule has 4 nitrogen and oxygen atoms in total. The third kappa shape index (κ3) is 3.01. The molecule has 100 valence electrons. The molecule has 3 N–H and O–H groups in total. The van der Waals surface area contributed by atoms with Gasteiger partial charge in [0.15, 0.2) is 11.0 Å². The molecule has 0 unspecified atom stereocenters. The van der Waals surface area contributed by atoms with E-state index in [1.165, 1.54) is 38.4 Å². The van der Waals surface area contributed by atoms with Gasteiger partial charge in [-0.2, -0.15) is 11.8 Å². The van der Waals surface area contributed by atoms with Gasteiger partial charge in [-0.1, -0.05) is 30.9 Å². The van der Waals surface area contributed by atoms with Crippen molar-refractivity contribution >= 4 is 34.9 Å². The van der Waals surface area contributed by atoms with Gasteiger partial charge in [0.2, 0.25) is 0 Å². The molecule has 0 amide bonds. The molecule has 0 atom stereocenters. The van der Waals surface area contributed by atoms with E-state index in [0.29, 0.717) is 21.4 Å². The molecule has 1 saturated carbocycles. The van der Waals surface area contributed by atoms with Gasteiger partial charge in [-0.05, 0) is 19.1 Å². The molecule has 1 heterocycles. The minimum atomic E-state index is 0.308. The summed E-state index contributed by atoms with van der Waals surface area (Å²) in [6, 6.07) is 0. The van der Waals surface area contributed by atoms with E-state index in [1.807, 2.05) is 11.8 Å². The highest BCUT2D eigenvalue weighted by Crippen LogP contribution is 2.39. The van der Waals surface area contributed by atoms with Crippen LogP contribution in [-0.4, -0.2) is 27.5 Å². The maximum absolute atomic E-state index is 5.88. The third-order valence-electron chi connectivity index (χ3n) is 3.61. The average Bonchev–Trinajstić information content (AvgIpc) is 2.41. The van der Waals surface area contributed by atoms with Crippen molar-refractivity contribution in [3.05, 3.63) is 11.5 Å². The van der Waals surface area contributed by atoms with Gasteiger partial charge in [0.1, 0.15) is 12.0 Å². The number of aromatic nitrogens is 2. The molecule has 6 heteroatoms. The van der Waals surface area contributed by atoms with Crippen LogP contribution in [0.2, 0.25) is 5.15 Å². The standard InChI is InChI=1S/C12H19ClN4S/c1-18-12(5-3-2-4-6-12)7-15-11-9(14)10(13)16-8-17-11/h8H,2-7,14H2,1H3,(H,15,16,17). The Balaban J connectivity index is 2.03. The van der Waals surface area contributed by atoms with E-state index in [1.54, 1.807) is 0 Å². The summed E-state index contributed by atoms with van der Waals surface area (Å²) in [5.74, 6) is 0.647. The predicted octanol–water partition coefficient (Wildman–Crippen LogP) is 3.19. The topological polar surface area (TPSA) is 63.8 Å². The average molecular weight is 287 g/mol. The zero-order valence-electron chi connectivity index (χ0n) is 10.6. The maximum atomic E-state index is 5.88. The van der Waals surface area contributed by atoms with Gasteiger partial charge in [0.25, 0.3) is 0 Å². The molecule has 1 aromatic rings. The highest BCUT2D eigenvalue weighted by molar-refractivity contribution is 8.00. The zero-order chi connectivity index (χ0) is 13.0. The first kappa shape index (κ1) is 13.7. The van der Waals surface area contributed by atoms with Crippen LogP contribution in [0, 0.1) is 0 Å². The molecular formula is C12H19ClN4S. The van der Waals surface area contributed by atoms with Gasteiger partial charge in [-0.3, -0.25) is 0 Å². The van der Waals surface area contributed by atoms with Crippen molar-refractivity contribution in [1.29, 1.82) is 0 Å². The molecule has 0 spiro atoms. The van der Waals surface area contributed by atoms with Crippen molar-refractivity contribution in [3.8, 4) is 0 Å². The molecule has 0 aromatic carbocycles. The number of halogens is 1. The van der Waals surface area contributed by atoms with Gasteiger partial charge in [0.05, 0.1) is 0 Å². The monoisotopic (exact) mass is 286 g/mol. The molecule has 1 aromatic heterocycles. The van der Waals surface area contributed by atoms with Gasteiger partial charge in [0, 0.05) is 11.3 Å². The number of thioether (sulfide) groups is 1. The Kier molecular flexibility index (Phi) is 4.56. The van der Waals surface area contributed by atoms with Crippen LogP contribution >= 0.6 is 23.4 Å². The first-order valence-electron chi connectivity index (χ1n) is 6.22. The van der Waals surface area contributed by atoms with Gasteiger partial charge >= 0.3 is 0 Å². The van der Waals surface area contributed by atoms with Crippen molar-refractivity contribution < 1.29 is 0 Å². The number of anilines is 2. The summed E-state index contributed by atoms with van der Waals surface area (Å²) in [7, 11) is 0. The largest absolute Gasteiger partial charge is 0.393 e. The molecular weight excluding hydrogens is 268 g/mol. The molecule has 0 bridgehead atoms. The number of hydrogen-bond donors (Lipinski definition) is 2. The van der Waals surface area contributed by atoms with E-state index < -0.39 is 0 Å². The number of nitrogens with zero attached hydrogens (tertiary/aromatic N) is 2. The predicted molar refractivity (Wildman–Crippen MR) is 79.3 cm³/mol. The van der Waals surface area contributed by atoms with Crippen molar-refractivity contribution in [3.63, 3.8) is 0 Å². The fraction of sp³-hybridized carbons (Fsp3) is 0.667. The summed E-state index contributed by atoms with van der Waals surface area (Å²) in [6.07, 6.45) is 10.1. The smallest absolute Gasteiger partial charge is 0.157 e. The fourth-order valence-electron chi connectivity index (χ4n) is 2.41. The summed E-state index contributed by atoms with van der Waals surface area (Å²) < 4.78 is 0.308. The summed E-state index contributed by atoms with van der Waals surface area (Å²) in [4.78, 5) is 8.00. The number of hydrogen-bond acceptors (Lipinski definition) is 5. The molecule has 2 rings (SSSR count). The number of rotatable bonds is 4. The molecule has 0 aliphatic heterocycles. The minimum Gasteiger partial charge on any atom is -0.393 e. The third-order valence-corrected chi connectivity index (χ3v) is 5.33. The second-order valence-electron chi connectivity index (χ2n) is 4.73. The van der Waals surface area contributed by atoms with E-state index in [9.17, 15) is 0 Å². The number of nitrogen functional groups attached to an aromatic ring is 1. The van der Waals surface area contributed by atoms with Gasteiger partial charge in [-0.25, -0.2) is 9.97 Å². The Bertz CT molecular complexity index is 407. The Labute approximate surface area is 117 Å². The highest BCUT2D eigenvalue weighted by Gasteiger charge is 2.31. The quantitative estimate of drug-likeness (QED) is 0.832. The number of nitrogens with two attached hydrogens (primary N) is 1. The minimum absolute atomic E-state index is 0.308. The van der Waals surface area contributed by atoms with Crippen molar-refractivity contribution in [1.82, 2.24) is 9.97 Å². The van der Waals surface area contributed by atoms with E-state index in [0.717, 1.165) is 6.54 Å². The lowest BCUT2D eigenvalue weighted by Crippen LogP contribution is -2.35.